The van der Waals surface area contributed by atoms with Gasteiger partial charge in [0.25, 0.3) is 3.91 Å². The van der Waals surface area contributed by atoms with Crippen LogP contribution in [0.2, 0.25) is 5.31 Å². The molecule has 1 aliphatic carbocycles. The van der Waals surface area contributed by atoms with Crippen LogP contribution in [0.5, 0.6) is 0 Å². The monoisotopic (exact) mass is 302 g/mol. The summed E-state index contributed by atoms with van der Waals surface area (Å²) in [5.74, 6) is 0. The summed E-state index contributed by atoms with van der Waals surface area (Å²) >= 11 is 1.73. The second kappa shape index (κ2) is 5.01. The number of carbonyl (C=O) groups is 1. The van der Waals surface area contributed by atoms with E-state index in [1.54, 1.807) is 22.6 Å². The first-order valence-electron chi connectivity index (χ1n) is 4.72. The number of halogens is 1. The van der Waals surface area contributed by atoms with Gasteiger partial charge in [-0.25, -0.2) is 0 Å². The van der Waals surface area contributed by atoms with E-state index in [2.05, 4.69) is 11.4 Å². The molecular formula is C9H12BIN2O. The van der Waals surface area contributed by atoms with Gasteiger partial charge in [0.15, 0.2) is 0 Å². The van der Waals surface area contributed by atoms with E-state index in [0.717, 1.165) is 25.7 Å². The predicted octanol–water partition coefficient (Wildman–Crippen LogP) is 2.31. The molecule has 0 saturated heterocycles. The molecule has 0 aromatic heterocycles. The van der Waals surface area contributed by atoms with Crippen molar-refractivity contribution in [3.8, 4) is 6.07 Å². The Morgan fingerprint density at radius 3 is 2.86 bits per heavy atom. The van der Waals surface area contributed by atoms with E-state index in [-0.39, 0.29) is 9.96 Å². The molecule has 0 heterocycles. The quantitative estimate of drug-likeness (QED) is 0.266. The second-order valence-electron chi connectivity index (χ2n) is 3.81. The minimum absolute atomic E-state index is 0.0333. The van der Waals surface area contributed by atoms with E-state index >= 15 is 0 Å². The van der Waals surface area contributed by atoms with E-state index in [1.165, 1.54) is 0 Å². The lowest BCUT2D eigenvalue weighted by molar-refractivity contribution is 0.258. The third kappa shape index (κ3) is 3.48. The number of carbonyl (C=O) groups excluding carboxylic acids is 1. The van der Waals surface area contributed by atoms with Crippen molar-refractivity contribution in [3.05, 3.63) is 0 Å². The summed E-state index contributed by atoms with van der Waals surface area (Å²) in [5, 5.41) is 11.1. The number of rotatable bonds is 1. The minimum Gasteiger partial charge on any atom is -0.345 e. The Bertz CT molecular complexity index is 266. The molecule has 14 heavy (non-hydrogen) atoms. The van der Waals surface area contributed by atoms with Gasteiger partial charge in [0.2, 0.25) is 0 Å². The molecule has 74 valence electrons. The molecule has 1 N–H and O–H groups in total. The van der Waals surface area contributed by atoms with Crippen molar-refractivity contribution in [1.82, 2.24) is 5.32 Å². The van der Waals surface area contributed by atoms with Gasteiger partial charge in [-0.2, -0.15) is 5.26 Å². The van der Waals surface area contributed by atoms with Gasteiger partial charge in [-0.3, -0.25) is 4.79 Å². The Labute approximate surface area is 99.2 Å². The molecule has 0 spiro atoms. The van der Waals surface area contributed by atoms with Crippen LogP contribution in [0.15, 0.2) is 0 Å². The summed E-state index contributed by atoms with van der Waals surface area (Å²) in [7, 11) is 5.88. The average Bonchev–Trinajstić information content (AvgIpc) is 2.29. The lowest BCUT2D eigenvalue weighted by Crippen LogP contribution is -2.30. The minimum atomic E-state index is -0.676. The third-order valence-corrected chi connectivity index (χ3v) is 2.97. The molecule has 3 nitrogen and oxygen atoms in total. The molecular weight excluding hydrogens is 290 g/mol. The molecule has 1 amide bonds. The van der Waals surface area contributed by atoms with Crippen LogP contribution in [-0.4, -0.2) is 17.8 Å². The van der Waals surface area contributed by atoms with E-state index in [0.29, 0.717) is 6.42 Å². The summed E-state index contributed by atoms with van der Waals surface area (Å²) in [6.45, 7) is 0. The van der Waals surface area contributed by atoms with Gasteiger partial charge in [-0.15, -0.1) is 0 Å². The predicted molar refractivity (Wildman–Crippen MR) is 63.5 cm³/mol. The molecule has 1 saturated carbocycles. The van der Waals surface area contributed by atoms with Crippen molar-refractivity contribution in [3.63, 3.8) is 0 Å². The molecule has 1 aliphatic rings. The zero-order valence-electron chi connectivity index (χ0n) is 7.92. The number of hydrogen-bond donors (Lipinski definition) is 1. The number of nitriles is 1. The Hall–Kier alpha value is -0.245. The maximum Gasteiger partial charge on any atom is 0.280 e. The van der Waals surface area contributed by atoms with Crippen molar-refractivity contribution >= 4 is 34.4 Å². The standard InChI is InChI=1S/C9H12BIN2O/c10-9(6-12)4-1-2-7(3-5-9)13-8(11)14/h7H,1-5H2,(H,13,14). The van der Waals surface area contributed by atoms with Crippen LogP contribution in [0.25, 0.3) is 0 Å². The molecule has 1 rings (SSSR count). The average molecular weight is 302 g/mol. The van der Waals surface area contributed by atoms with Gasteiger partial charge in [0.05, 0.1) is 13.9 Å². The SMILES string of the molecule is [B]C1(C#N)CCCC(NC(=O)I)CC1. The van der Waals surface area contributed by atoms with Gasteiger partial charge in [-0.05, 0) is 25.7 Å². The van der Waals surface area contributed by atoms with Crippen LogP contribution in [-0.2, 0) is 0 Å². The van der Waals surface area contributed by atoms with Crippen LogP contribution in [0.1, 0.15) is 32.1 Å². The maximum absolute atomic E-state index is 10.8. The van der Waals surface area contributed by atoms with Crippen molar-refractivity contribution in [2.45, 2.75) is 43.5 Å². The molecule has 2 radical (unpaired) electrons. The highest BCUT2D eigenvalue weighted by Gasteiger charge is 2.28. The van der Waals surface area contributed by atoms with Gasteiger partial charge in [0, 0.05) is 33.9 Å². The lowest BCUT2D eigenvalue weighted by atomic mass is 9.65. The third-order valence-electron chi connectivity index (χ3n) is 2.65. The maximum atomic E-state index is 10.8. The Balaban J connectivity index is 2.49. The van der Waals surface area contributed by atoms with E-state index < -0.39 is 5.31 Å². The first-order chi connectivity index (χ1) is 6.56. The highest BCUT2D eigenvalue weighted by molar-refractivity contribution is 14.1. The summed E-state index contributed by atoms with van der Waals surface area (Å²) in [4.78, 5) is 10.8. The van der Waals surface area contributed by atoms with E-state index in [1.807, 2.05) is 0 Å². The fourth-order valence-electron chi connectivity index (χ4n) is 1.78. The summed E-state index contributed by atoms with van der Waals surface area (Å²) in [5.41, 5.74) is 0. The number of nitrogens with one attached hydrogen (secondary N) is 1. The molecule has 0 aliphatic heterocycles. The molecule has 5 heteroatoms. The van der Waals surface area contributed by atoms with Crippen LogP contribution in [0, 0.1) is 11.3 Å². The van der Waals surface area contributed by atoms with Crippen LogP contribution in [0.3, 0.4) is 0 Å². The highest BCUT2D eigenvalue weighted by atomic mass is 127. The van der Waals surface area contributed by atoms with Gasteiger partial charge >= 0.3 is 0 Å². The van der Waals surface area contributed by atoms with Gasteiger partial charge in [-0.1, -0.05) is 6.42 Å². The highest BCUT2D eigenvalue weighted by Crippen LogP contribution is 2.37. The first kappa shape index (κ1) is 11.8. The van der Waals surface area contributed by atoms with Crippen LogP contribution in [0.4, 0.5) is 4.79 Å². The smallest absolute Gasteiger partial charge is 0.280 e. The zero-order chi connectivity index (χ0) is 10.6. The zero-order valence-corrected chi connectivity index (χ0v) is 10.1. The molecule has 1 fully saturated rings. The number of nitrogens with zero attached hydrogens (tertiary/aromatic N) is 1. The van der Waals surface area contributed by atoms with Crippen molar-refractivity contribution < 1.29 is 4.79 Å². The molecule has 2 atom stereocenters. The Morgan fingerprint density at radius 2 is 2.29 bits per heavy atom. The van der Waals surface area contributed by atoms with Crippen LogP contribution < -0.4 is 5.32 Å². The first-order valence-corrected chi connectivity index (χ1v) is 5.80. The molecule has 0 bridgehead atoms. The van der Waals surface area contributed by atoms with Crippen molar-refractivity contribution in [2.75, 3.05) is 0 Å². The van der Waals surface area contributed by atoms with Gasteiger partial charge in [0.1, 0.15) is 0 Å². The summed E-state index contributed by atoms with van der Waals surface area (Å²) < 4.78 is -0.0333. The lowest BCUT2D eigenvalue weighted by Gasteiger charge is -2.19. The van der Waals surface area contributed by atoms with Gasteiger partial charge < -0.3 is 5.32 Å². The molecule has 2 unspecified atom stereocenters. The van der Waals surface area contributed by atoms with Crippen molar-refractivity contribution in [1.29, 1.82) is 5.26 Å². The number of hydrogen-bond acceptors (Lipinski definition) is 2. The topological polar surface area (TPSA) is 52.9 Å². The molecule has 0 aromatic carbocycles. The normalized spacial score (nSPS) is 32.7. The Kier molecular flexibility index (Phi) is 4.23. The van der Waals surface area contributed by atoms with E-state index in [9.17, 15) is 4.79 Å². The fourth-order valence-corrected chi connectivity index (χ4v) is 2.22. The second-order valence-corrected chi connectivity index (χ2v) is 4.79. The van der Waals surface area contributed by atoms with Crippen LogP contribution >= 0.6 is 22.6 Å². The summed E-state index contributed by atoms with van der Waals surface area (Å²) in [6, 6.07) is 2.35. The fraction of sp³-hybridized carbons (Fsp3) is 0.778. The van der Waals surface area contributed by atoms with E-state index in [4.69, 9.17) is 13.1 Å². The summed E-state index contributed by atoms with van der Waals surface area (Å²) in [6.07, 6.45) is 4.04. The van der Waals surface area contributed by atoms with Crippen molar-refractivity contribution in [2.24, 2.45) is 0 Å². The number of amides is 1. The largest absolute Gasteiger partial charge is 0.345 e. The molecule has 0 aromatic rings. The Morgan fingerprint density at radius 1 is 1.57 bits per heavy atom.